The highest BCUT2D eigenvalue weighted by atomic mass is 32.2. The number of anilines is 1. The number of hydrogen-bond donors (Lipinski definition) is 2. The molecule has 0 fully saturated rings. The molecule has 0 radical (unpaired) electrons. The summed E-state index contributed by atoms with van der Waals surface area (Å²) in [5.41, 5.74) is 3.84. The molecular weight excluding hydrogens is 372 g/mol. The summed E-state index contributed by atoms with van der Waals surface area (Å²) in [4.78, 5) is 12.6. The highest BCUT2D eigenvalue weighted by Gasteiger charge is 2.16. The number of rotatable bonds is 6. The van der Waals surface area contributed by atoms with Gasteiger partial charge in [-0.25, -0.2) is 13.1 Å². The van der Waals surface area contributed by atoms with E-state index < -0.39 is 10.0 Å². The van der Waals surface area contributed by atoms with Gasteiger partial charge in [-0.05, 0) is 49.2 Å². The highest BCUT2D eigenvalue weighted by molar-refractivity contribution is 7.89. The van der Waals surface area contributed by atoms with Crippen molar-refractivity contribution < 1.29 is 13.2 Å². The molecule has 2 N–H and O–H groups in total. The largest absolute Gasteiger partial charge is 0.322 e. The normalized spacial score (nSPS) is 11.2. The van der Waals surface area contributed by atoms with Crippen molar-refractivity contribution in [3.63, 3.8) is 0 Å². The Morgan fingerprint density at radius 1 is 0.893 bits per heavy atom. The second-order valence-corrected chi connectivity index (χ2v) is 8.38. The predicted octanol–water partition coefficient (Wildman–Crippen LogP) is 4.03. The summed E-state index contributed by atoms with van der Waals surface area (Å²) >= 11 is 0. The van der Waals surface area contributed by atoms with E-state index in [4.69, 9.17) is 0 Å². The predicted molar refractivity (Wildman–Crippen MR) is 111 cm³/mol. The quantitative estimate of drug-likeness (QED) is 0.663. The van der Waals surface area contributed by atoms with Gasteiger partial charge in [0.15, 0.2) is 0 Å². The summed E-state index contributed by atoms with van der Waals surface area (Å²) in [6.07, 6.45) is 0. The van der Waals surface area contributed by atoms with Crippen LogP contribution < -0.4 is 10.0 Å². The van der Waals surface area contributed by atoms with Gasteiger partial charge < -0.3 is 5.32 Å². The summed E-state index contributed by atoms with van der Waals surface area (Å²) in [6.45, 7) is 4.03. The molecule has 5 nitrogen and oxygen atoms in total. The average Bonchev–Trinajstić information content (AvgIpc) is 2.68. The maximum absolute atomic E-state index is 12.6. The van der Waals surface area contributed by atoms with Gasteiger partial charge in [-0.1, -0.05) is 54.1 Å². The third-order valence-electron chi connectivity index (χ3n) is 4.35. The van der Waals surface area contributed by atoms with Gasteiger partial charge >= 0.3 is 0 Å². The zero-order valence-electron chi connectivity index (χ0n) is 15.8. The molecule has 0 aliphatic rings. The van der Waals surface area contributed by atoms with Gasteiger partial charge in [0, 0.05) is 17.8 Å². The SMILES string of the molecule is Cc1cccc(CNS(=O)(=O)c2cccc(C(=O)Nc3ccccc3C)c2)c1. The number of amides is 1. The van der Waals surface area contributed by atoms with Gasteiger partial charge in [0.1, 0.15) is 0 Å². The number of aryl methyl sites for hydroxylation is 2. The maximum atomic E-state index is 12.6. The van der Waals surface area contributed by atoms with Crippen molar-refractivity contribution >= 4 is 21.6 Å². The van der Waals surface area contributed by atoms with Crippen LogP contribution >= 0.6 is 0 Å². The molecule has 0 saturated carbocycles. The van der Waals surface area contributed by atoms with Gasteiger partial charge in [0.2, 0.25) is 10.0 Å². The summed E-state index contributed by atoms with van der Waals surface area (Å²) in [7, 11) is -3.74. The first kappa shape index (κ1) is 19.8. The summed E-state index contributed by atoms with van der Waals surface area (Å²) in [6, 6.07) is 21.1. The van der Waals surface area contributed by atoms with Crippen LogP contribution in [0.3, 0.4) is 0 Å². The van der Waals surface area contributed by atoms with Crippen LogP contribution in [0.4, 0.5) is 5.69 Å². The minimum absolute atomic E-state index is 0.0533. The van der Waals surface area contributed by atoms with Crippen LogP contribution in [0.2, 0.25) is 0 Å². The van der Waals surface area contributed by atoms with Crippen LogP contribution in [0.15, 0.2) is 77.7 Å². The second-order valence-electron chi connectivity index (χ2n) is 6.61. The van der Waals surface area contributed by atoms with Crippen molar-refractivity contribution in [2.75, 3.05) is 5.32 Å². The molecule has 0 aromatic heterocycles. The van der Waals surface area contributed by atoms with E-state index >= 15 is 0 Å². The lowest BCUT2D eigenvalue weighted by Gasteiger charge is -2.10. The molecule has 0 aliphatic carbocycles. The van der Waals surface area contributed by atoms with Crippen molar-refractivity contribution in [1.29, 1.82) is 0 Å². The third-order valence-corrected chi connectivity index (χ3v) is 5.75. The molecule has 0 heterocycles. The van der Waals surface area contributed by atoms with Gasteiger partial charge in [-0.3, -0.25) is 4.79 Å². The molecule has 0 unspecified atom stereocenters. The minimum atomic E-state index is -3.74. The van der Waals surface area contributed by atoms with E-state index in [1.807, 2.05) is 56.3 Å². The number of carbonyl (C=O) groups excluding carboxylic acids is 1. The highest BCUT2D eigenvalue weighted by Crippen LogP contribution is 2.17. The van der Waals surface area contributed by atoms with Crippen molar-refractivity contribution in [3.8, 4) is 0 Å². The van der Waals surface area contributed by atoms with Crippen molar-refractivity contribution in [2.24, 2.45) is 0 Å². The maximum Gasteiger partial charge on any atom is 0.255 e. The lowest BCUT2D eigenvalue weighted by atomic mass is 10.1. The van der Waals surface area contributed by atoms with Crippen LogP contribution in [-0.2, 0) is 16.6 Å². The fourth-order valence-electron chi connectivity index (χ4n) is 2.80. The topological polar surface area (TPSA) is 75.3 Å². The summed E-state index contributed by atoms with van der Waals surface area (Å²) < 4.78 is 27.9. The van der Waals surface area contributed by atoms with E-state index in [1.165, 1.54) is 12.1 Å². The van der Waals surface area contributed by atoms with Crippen molar-refractivity contribution in [2.45, 2.75) is 25.3 Å². The number of nitrogens with one attached hydrogen (secondary N) is 2. The fraction of sp³-hybridized carbons (Fsp3) is 0.136. The standard InChI is InChI=1S/C22H22N2O3S/c1-16-7-5-9-18(13-16)15-23-28(26,27)20-11-6-10-19(14-20)22(25)24-21-12-4-3-8-17(21)2/h3-14,23H,15H2,1-2H3,(H,24,25). The average molecular weight is 394 g/mol. The summed E-state index contributed by atoms with van der Waals surface area (Å²) in [5.74, 6) is -0.356. The molecule has 0 spiro atoms. The van der Waals surface area contributed by atoms with Crippen LogP contribution in [0.5, 0.6) is 0 Å². The zero-order valence-corrected chi connectivity index (χ0v) is 16.6. The first-order valence-electron chi connectivity index (χ1n) is 8.87. The monoisotopic (exact) mass is 394 g/mol. The molecule has 3 rings (SSSR count). The Labute approximate surface area is 165 Å². The fourth-order valence-corrected chi connectivity index (χ4v) is 3.86. The van der Waals surface area contributed by atoms with Crippen LogP contribution in [-0.4, -0.2) is 14.3 Å². The van der Waals surface area contributed by atoms with Crippen LogP contribution in [0, 0.1) is 13.8 Å². The van der Waals surface area contributed by atoms with E-state index in [0.717, 1.165) is 16.7 Å². The van der Waals surface area contributed by atoms with Crippen molar-refractivity contribution in [1.82, 2.24) is 4.72 Å². The Morgan fingerprint density at radius 2 is 1.64 bits per heavy atom. The molecule has 0 aliphatic heterocycles. The van der Waals surface area contributed by atoms with E-state index in [9.17, 15) is 13.2 Å². The van der Waals surface area contributed by atoms with Gasteiger partial charge in [0.05, 0.1) is 4.90 Å². The number of para-hydroxylation sites is 1. The van der Waals surface area contributed by atoms with Crippen LogP contribution in [0.1, 0.15) is 27.0 Å². The Bertz CT molecular complexity index is 1110. The molecule has 3 aromatic carbocycles. The Morgan fingerprint density at radius 3 is 2.39 bits per heavy atom. The second kappa shape index (κ2) is 8.37. The number of sulfonamides is 1. The number of hydrogen-bond acceptors (Lipinski definition) is 3. The van der Waals surface area contributed by atoms with E-state index in [1.54, 1.807) is 18.2 Å². The minimum Gasteiger partial charge on any atom is -0.322 e. The molecule has 6 heteroatoms. The molecule has 0 saturated heterocycles. The molecule has 144 valence electrons. The molecule has 3 aromatic rings. The third kappa shape index (κ3) is 4.85. The van der Waals surface area contributed by atoms with Gasteiger partial charge in [-0.15, -0.1) is 0 Å². The van der Waals surface area contributed by atoms with Crippen LogP contribution in [0.25, 0.3) is 0 Å². The lowest BCUT2D eigenvalue weighted by molar-refractivity contribution is 0.102. The first-order chi connectivity index (χ1) is 13.3. The van der Waals surface area contributed by atoms with E-state index in [-0.39, 0.29) is 22.9 Å². The zero-order chi connectivity index (χ0) is 20.1. The van der Waals surface area contributed by atoms with E-state index in [0.29, 0.717) is 5.69 Å². The van der Waals surface area contributed by atoms with E-state index in [2.05, 4.69) is 10.0 Å². The Balaban J connectivity index is 1.76. The van der Waals surface area contributed by atoms with Gasteiger partial charge in [-0.2, -0.15) is 0 Å². The molecular formula is C22H22N2O3S. The molecule has 1 amide bonds. The molecule has 28 heavy (non-hydrogen) atoms. The summed E-state index contributed by atoms with van der Waals surface area (Å²) in [5, 5.41) is 2.82. The van der Waals surface area contributed by atoms with Crippen molar-refractivity contribution in [3.05, 3.63) is 95.1 Å². The smallest absolute Gasteiger partial charge is 0.255 e. The first-order valence-corrected chi connectivity index (χ1v) is 10.4. The lowest BCUT2D eigenvalue weighted by Crippen LogP contribution is -2.24. The van der Waals surface area contributed by atoms with Gasteiger partial charge in [0.25, 0.3) is 5.91 Å². The Kier molecular flexibility index (Phi) is 5.92. The molecule has 0 atom stereocenters. The number of benzene rings is 3. The number of carbonyl (C=O) groups is 1. The Hall–Kier alpha value is -2.96. The molecule has 0 bridgehead atoms.